The predicted molar refractivity (Wildman–Crippen MR) is 71.2 cm³/mol. The molecule has 0 aliphatic carbocycles. The van der Waals surface area contributed by atoms with E-state index in [2.05, 4.69) is 36.1 Å². The molecule has 0 bridgehead atoms. The third-order valence-electron chi connectivity index (χ3n) is 3.37. The highest BCUT2D eigenvalue weighted by molar-refractivity contribution is 5.27. The van der Waals surface area contributed by atoms with E-state index in [-0.39, 0.29) is 0 Å². The number of benzene rings is 1. The molecule has 92 valence electrons. The molecule has 1 heterocycles. The second-order valence-electron chi connectivity index (χ2n) is 4.55. The maximum absolute atomic E-state index is 5.17. The molecular formula is C15H21NO. The monoisotopic (exact) mass is 231 g/mol. The summed E-state index contributed by atoms with van der Waals surface area (Å²) < 4.78 is 5.17. The largest absolute Gasteiger partial charge is 0.497 e. The Bertz CT molecular complexity index is 369. The minimum Gasteiger partial charge on any atom is -0.497 e. The third-order valence-corrected chi connectivity index (χ3v) is 3.37. The summed E-state index contributed by atoms with van der Waals surface area (Å²) in [4.78, 5) is 2.54. The fraction of sp³-hybridized carbons (Fsp3) is 0.467. The number of likely N-dealkylation sites (tertiary alicyclic amines) is 1. The predicted octanol–water partition coefficient (Wildman–Crippen LogP) is 3.24. The molecule has 2 nitrogen and oxygen atoms in total. The van der Waals surface area contributed by atoms with Crippen LogP contribution in [0.4, 0.5) is 0 Å². The fourth-order valence-electron chi connectivity index (χ4n) is 2.45. The van der Waals surface area contributed by atoms with Crippen molar-refractivity contribution in [2.24, 2.45) is 0 Å². The van der Waals surface area contributed by atoms with E-state index >= 15 is 0 Å². The number of hydrogen-bond donors (Lipinski definition) is 0. The Balaban J connectivity index is 1.99. The maximum Gasteiger partial charge on any atom is 0.118 e. The zero-order valence-corrected chi connectivity index (χ0v) is 10.7. The van der Waals surface area contributed by atoms with Gasteiger partial charge in [0.05, 0.1) is 7.11 Å². The van der Waals surface area contributed by atoms with E-state index in [1.54, 1.807) is 7.11 Å². The van der Waals surface area contributed by atoms with E-state index in [0.29, 0.717) is 6.04 Å². The first-order valence-corrected chi connectivity index (χ1v) is 6.33. The Labute approximate surface area is 104 Å². The lowest BCUT2D eigenvalue weighted by molar-refractivity contribution is 0.281. The molecule has 2 heteroatoms. The molecule has 1 aliphatic rings. The summed E-state index contributed by atoms with van der Waals surface area (Å²) in [5.74, 6) is 0.931. The molecular weight excluding hydrogens is 210 g/mol. The van der Waals surface area contributed by atoms with Gasteiger partial charge in [0.25, 0.3) is 0 Å². The number of nitrogens with zero attached hydrogens (tertiary/aromatic N) is 1. The van der Waals surface area contributed by atoms with Crippen LogP contribution in [-0.4, -0.2) is 24.6 Å². The van der Waals surface area contributed by atoms with Gasteiger partial charge in [-0.25, -0.2) is 0 Å². The zero-order chi connectivity index (χ0) is 12.1. The van der Waals surface area contributed by atoms with Crippen LogP contribution in [0.25, 0.3) is 0 Å². The van der Waals surface area contributed by atoms with Crippen LogP contribution >= 0.6 is 0 Å². The zero-order valence-electron chi connectivity index (χ0n) is 10.7. The first-order chi connectivity index (χ1) is 8.33. The molecule has 1 atom stereocenters. The lowest BCUT2D eigenvalue weighted by Crippen LogP contribution is -2.27. The van der Waals surface area contributed by atoms with Crippen molar-refractivity contribution < 1.29 is 4.74 Å². The van der Waals surface area contributed by atoms with E-state index < -0.39 is 0 Å². The molecule has 2 rings (SSSR count). The smallest absolute Gasteiger partial charge is 0.118 e. The highest BCUT2D eigenvalue weighted by Gasteiger charge is 2.21. The molecule has 0 N–H and O–H groups in total. The minimum atomic E-state index is 0.627. The summed E-state index contributed by atoms with van der Waals surface area (Å²) in [6, 6.07) is 9.02. The van der Waals surface area contributed by atoms with Crippen molar-refractivity contribution in [3.8, 4) is 5.75 Å². The molecule has 17 heavy (non-hydrogen) atoms. The number of hydrogen-bond acceptors (Lipinski definition) is 2. The van der Waals surface area contributed by atoms with Gasteiger partial charge in [-0.05, 0) is 44.0 Å². The maximum atomic E-state index is 5.17. The molecule has 0 radical (unpaired) electrons. The van der Waals surface area contributed by atoms with Crippen LogP contribution < -0.4 is 4.74 Å². The minimum absolute atomic E-state index is 0.627. The SMILES string of the molecule is C/C=C/C1CCCN1Cc1ccc(OC)cc1. The number of ether oxygens (including phenoxy) is 1. The van der Waals surface area contributed by atoms with Gasteiger partial charge >= 0.3 is 0 Å². The van der Waals surface area contributed by atoms with Crippen molar-refractivity contribution in [1.29, 1.82) is 0 Å². The van der Waals surface area contributed by atoms with Crippen LogP contribution in [0.5, 0.6) is 5.75 Å². The summed E-state index contributed by atoms with van der Waals surface area (Å²) in [7, 11) is 1.71. The van der Waals surface area contributed by atoms with Crippen molar-refractivity contribution in [3.63, 3.8) is 0 Å². The van der Waals surface area contributed by atoms with Gasteiger partial charge in [-0.2, -0.15) is 0 Å². The fourth-order valence-corrected chi connectivity index (χ4v) is 2.45. The molecule has 1 fully saturated rings. The van der Waals surface area contributed by atoms with Gasteiger partial charge in [-0.15, -0.1) is 0 Å². The van der Waals surface area contributed by atoms with Crippen molar-refractivity contribution in [2.75, 3.05) is 13.7 Å². The quantitative estimate of drug-likeness (QED) is 0.738. The topological polar surface area (TPSA) is 12.5 Å². The molecule has 1 aromatic carbocycles. The van der Waals surface area contributed by atoms with E-state index in [1.807, 2.05) is 12.1 Å². The molecule has 1 unspecified atom stereocenters. The van der Waals surface area contributed by atoms with Gasteiger partial charge in [-0.1, -0.05) is 24.3 Å². The molecule has 0 amide bonds. The Morgan fingerprint density at radius 2 is 2.12 bits per heavy atom. The highest BCUT2D eigenvalue weighted by atomic mass is 16.5. The standard InChI is InChI=1S/C15H21NO/c1-3-5-14-6-4-11-16(14)12-13-7-9-15(17-2)10-8-13/h3,5,7-10,14H,4,6,11-12H2,1-2H3/b5-3+. The van der Waals surface area contributed by atoms with E-state index in [0.717, 1.165) is 12.3 Å². The second kappa shape index (κ2) is 5.87. The van der Waals surface area contributed by atoms with Crippen LogP contribution in [0.1, 0.15) is 25.3 Å². The lowest BCUT2D eigenvalue weighted by atomic mass is 10.1. The number of methoxy groups -OCH3 is 1. The molecule has 0 aromatic heterocycles. The Kier molecular flexibility index (Phi) is 4.21. The van der Waals surface area contributed by atoms with E-state index in [4.69, 9.17) is 4.74 Å². The molecule has 0 saturated carbocycles. The molecule has 1 saturated heterocycles. The van der Waals surface area contributed by atoms with E-state index in [9.17, 15) is 0 Å². The highest BCUT2D eigenvalue weighted by Crippen LogP contribution is 2.21. The van der Waals surface area contributed by atoms with Crippen molar-refractivity contribution in [1.82, 2.24) is 4.90 Å². The van der Waals surface area contributed by atoms with Gasteiger partial charge in [0.15, 0.2) is 0 Å². The Morgan fingerprint density at radius 3 is 2.76 bits per heavy atom. The van der Waals surface area contributed by atoms with Crippen molar-refractivity contribution in [2.45, 2.75) is 32.4 Å². The van der Waals surface area contributed by atoms with Gasteiger partial charge in [-0.3, -0.25) is 4.90 Å². The average molecular weight is 231 g/mol. The number of rotatable bonds is 4. The number of allylic oxidation sites excluding steroid dienone is 1. The summed E-state index contributed by atoms with van der Waals surface area (Å²) in [6.45, 7) is 4.35. The van der Waals surface area contributed by atoms with Crippen LogP contribution in [0.15, 0.2) is 36.4 Å². The first kappa shape index (κ1) is 12.2. The molecule has 0 spiro atoms. The average Bonchev–Trinajstić information content (AvgIpc) is 2.78. The van der Waals surface area contributed by atoms with Crippen molar-refractivity contribution >= 4 is 0 Å². The van der Waals surface area contributed by atoms with Crippen molar-refractivity contribution in [3.05, 3.63) is 42.0 Å². The van der Waals surface area contributed by atoms with Crippen LogP contribution in [0.3, 0.4) is 0 Å². The summed E-state index contributed by atoms with van der Waals surface area (Å²) in [6.07, 6.45) is 7.08. The lowest BCUT2D eigenvalue weighted by Gasteiger charge is -2.21. The van der Waals surface area contributed by atoms with E-state index in [1.165, 1.54) is 24.9 Å². The first-order valence-electron chi connectivity index (χ1n) is 6.33. The second-order valence-corrected chi connectivity index (χ2v) is 4.55. The summed E-state index contributed by atoms with van der Waals surface area (Å²) >= 11 is 0. The molecule has 1 aromatic rings. The van der Waals surface area contributed by atoms with Crippen LogP contribution in [-0.2, 0) is 6.54 Å². The van der Waals surface area contributed by atoms with Gasteiger partial charge in [0.1, 0.15) is 5.75 Å². The summed E-state index contributed by atoms with van der Waals surface area (Å²) in [5.41, 5.74) is 1.36. The van der Waals surface area contributed by atoms with Crippen LogP contribution in [0.2, 0.25) is 0 Å². The van der Waals surface area contributed by atoms with Gasteiger partial charge in [0.2, 0.25) is 0 Å². The van der Waals surface area contributed by atoms with Crippen LogP contribution in [0, 0.1) is 0 Å². The normalized spacial score (nSPS) is 21.2. The van der Waals surface area contributed by atoms with Gasteiger partial charge in [0, 0.05) is 12.6 Å². The Morgan fingerprint density at radius 1 is 1.35 bits per heavy atom. The Hall–Kier alpha value is -1.28. The third kappa shape index (κ3) is 3.10. The summed E-state index contributed by atoms with van der Waals surface area (Å²) in [5, 5.41) is 0. The molecule has 1 aliphatic heterocycles. The van der Waals surface area contributed by atoms with Gasteiger partial charge < -0.3 is 4.74 Å².